The summed E-state index contributed by atoms with van der Waals surface area (Å²) in [6, 6.07) is 1.30. The number of rotatable bonds is 4. The van der Waals surface area contributed by atoms with Crippen molar-refractivity contribution in [2.24, 2.45) is 0 Å². The number of hydrogen-bond donors (Lipinski definition) is 1. The van der Waals surface area contributed by atoms with Gasteiger partial charge in [-0.3, -0.25) is 4.79 Å². The first-order valence-electron chi connectivity index (χ1n) is 4.77. The molecule has 0 aliphatic heterocycles. The number of halogens is 3. The first-order valence-corrected chi connectivity index (χ1v) is 5.57. The Morgan fingerprint density at radius 2 is 2.29 bits per heavy atom. The molecule has 94 valence electrons. The molecule has 1 aromatic rings. The SMILES string of the molecule is CCOC(=O)Cc1cc(Br)c(O)c(C(F)F)n1. The van der Waals surface area contributed by atoms with Crippen molar-refractivity contribution in [1.29, 1.82) is 0 Å². The standard InChI is InChI=1S/C10H10BrF2NO3/c1-2-17-7(15)4-5-3-6(11)9(16)8(14-5)10(12)13/h3,10,16H,2,4H2,1H3. The molecule has 0 fully saturated rings. The Morgan fingerprint density at radius 3 is 2.82 bits per heavy atom. The molecule has 0 aromatic carbocycles. The molecule has 0 bridgehead atoms. The summed E-state index contributed by atoms with van der Waals surface area (Å²) in [5.41, 5.74) is -0.637. The second-order valence-electron chi connectivity index (χ2n) is 3.11. The van der Waals surface area contributed by atoms with Crippen molar-refractivity contribution in [1.82, 2.24) is 4.98 Å². The molecule has 7 heteroatoms. The molecule has 0 aliphatic carbocycles. The van der Waals surface area contributed by atoms with Gasteiger partial charge in [0.05, 0.1) is 23.2 Å². The molecule has 0 saturated heterocycles. The van der Waals surface area contributed by atoms with Crippen molar-refractivity contribution in [2.75, 3.05) is 6.61 Å². The van der Waals surface area contributed by atoms with Gasteiger partial charge in [-0.2, -0.15) is 0 Å². The van der Waals surface area contributed by atoms with Crippen molar-refractivity contribution >= 4 is 21.9 Å². The lowest BCUT2D eigenvalue weighted by Gasteiger charge is -2.08. The molecule has 4 nitrogen and oxygen atoms in total. The third kappa shape index (κ3) is 3.62. The predicted molar refractivity (Wildman–Crippen MR) is 58.9 cm³/mol. The second kappa shape index (κ2) is 5.90. The van der Waals surface area contributed by atoms with Crippen LogP contribution >= 0.6 is 15.9 Å². The van der Waals surface area contributed by atoms with Crippen molar-refractivity contribution in [3.05, 3.63) is 21.9 Å². The number of aromatic nitrogens is 1. The highest BCUT2D eigenvalue weighted by Gasteiger charge is 2.19. The van der Waals surface area contributed by atoms with E-state index in [4.69, 9.17) is 0 Å². The maximum atomic E-state index is 12.5. The third-order valence-electron chi connectivity index (χ3n) is 1.86. The first-order chi connectivity index (χ1) is 7.95. The van der Waals surface area contributed by atoms with Crippen LogP contribution in [-0.4, -0.2) is 22.7 Å². The predicted octanol–water partition coefficient (Wildman–Crippen LogP) is 2.59. The van der Waals surface area contributed by atoms with Crippen LogP contribution in [0.25, 0.3) is 0 Å². The average molecular weight is 310 g/mol. The van der Waals surface area contributed by atoms with Gasteiger partial charge in [0.1, 0.15) is 5.69 Å². The molecule has 0 spiro atoms. The fraction of sp³-hybridized carbons (Fsp3) is 0.400. The van der Waals surface area contributed by atoms with E-state index in [2.05, 4.69) is 25.7 Å². The summed E-state index contributed by atoms with van der Waals surface area (Å²) in [5, 5.41) is 9.32. The number of pyridine rings is 1. The maximum absolute atomic E-state index is 12.5. The third-order valence-corrected chi connectivity index (χ3v) is 2.47. The molecule has 0 unspecified atom stereocenters. The molecule has 0 amide bonds. The van der Waals surface area contributed by atoms with Crippen LogP contribution in [0.3, 0.4) is 0 Å². The molecule has 0 saturated carbocycles. The van der Waals surface area contributed by atoms with Crippen molar-refractivity contribution < 1.29 is 23.4 Å². The number of carbonyl (C=O) groups is 1. The van der Waals surface area contributed by atoms with Crippen molar-refractivity contribution in [3.63, 3.8) is 0 Å². The van der Waals surface area contributed by atoms with E-state index in [0.29, 0.717) is 0 Å². The van der Waals surface area contributed by atoms with Gasteiger partial charge in [-0.1, -0.05) is 0 Å². The molecule has 1 rings (SSSR count). The van der Waals surface area contributed by atoms with Crippen molar-refractivity contribution in [2.45, 2.75) is 19.8 Å². The highest BCUT2D eigenvalue weighted by atomic mass is 79.9. The lowest BCUT2D eigenvalue weighted by atomic mass is 10.2. The Balaban J connectivity index is 2.98. The summed E-state index contributed by atoms with van der Waals surface area (Å²) >= 11 is 2.92. The van der Waals surface area contributed by atoms with Gasteiger partial charge in [-0.05, 0) is 28.9 Å². The van der Waals surface area contributed by atoms with E-state index in [0.717, 1.165) is 0 Å². The molecule has 1 aromatic heterocycles. The maximum Gasteiger partial charge on any atom is 0.311 e. The topological polar surface area (TPSA) is 59.4 Å². The average Bonchev–Trinajstić information content (AvgIpc) is 2.23. The smallest absolute Gasteiger partial charge is 0.311 e. The van der Waals surface area contributed by atoms with Gasteiger partial charge in [-0.15, -0.1) is 0 Å². The zero-order valence-corrected chi connectivity index (χ0v) is 10.5. The Bertz CT molecular complexity index is 426. The number of carbonyl (C=O) groups excluding carboxylic acids is 1. The zero-order valence-electron chi connectivity index (χ0n) is 8.91. The van der Waals surface area contributed by atoms with Crippen LogP contribution in [0.5, 0.6) is 5.75 Å². The molecular weight excluding hydrogens is 300 g/mol. The Kier molecular flexibility index (Phi) is 4.80. The summed E-state index contributed by atoms with van der Waals surface area (Å²) in [5.74, 6) is -1.18. The van der Waals surface area contributed by atoms with Gasteiger partial charge < -0.3 is 9.84 Å². The molecule has 1 heterocycles. The fourth-order valence-electron chi connectivity index (χ4n) is 1.18. The van der Waals surface area contributed by atoms with E-state index in [1.54, 1.807) is 6.92 Å². The first kappa shape index (κ1) is 13.8. The Morgan fingerprint density at radius 1 is 1.65 bits per heavy atom. The number of nitrogens with zero attached hydrogens (tertiary/aromatic N) is 1. The largest absolute Gasteiger partial charge is 0.505 e. The number of hydrogen-bond acceptors (Lipinski definition) is 4. The quantitative estimate of drug-likeness (QED) is 0.869. The molecule has 0 aliphatic rings. The second-order valence-corrected chi connectivity index (χ2v) is 3.97. The lowest BCUT2D eigenvalue weighted by Crippen LogP contribution is -2.09. The minimum atomic E-state index is -2.91. The lowest BCUT2D eigenvalue weighted by molar-refractivity contribution is -0.142. The van der Waals surface area contributed by atoms with Crippen LogP contribution in [0.1, 0.15) is 24.7 Å². The van der Waals surface area contributed by atoms with Crippen molar-refractivity contribution in [3.8, 4) is 5.75 Å². The Hall–Kier alpha value is -1.24. The minimum Gasteiger partial charge on any atom is -0.505 e. The number of aromatic hydroxyl groups is 1. The van der Waals surface area contributed by atoms with Gasteiger partial charge >= 0.3 is 5.97 Å². The van der Waals surface area contributed by atoms with Gasteiger partial charge in [0.25, 0.3) is 6.43 Å². The summed E-state index contributed by atoms with van der Waals surface area (Å²) in [4.78, 5) is 14.7. The summed E-state index contributed by atoms with van der Waals surface area (Å²) in [6.45, 7) is 1.85. The number of alkyl halides is 2. The highest BCUT2D eigenvalue weighted by Crippen LogP contribution is 2.33. The van der Waals surface area contributed by atoms with Gasteiger partial charge in [0, 0.05) is 0 Å². The molecule has 0 atom stereocenters. The molecule has 0 radical (unpaired) electrons. The van der Waals surface area contributed by atoms with Crippen LogP contribution in [0.4, 0.5) is 8.78 Å². The highest BCUT2D eigenvalue weighted by molar-refractivity contribution is 9.10. The van der Waals surface area contributed by atoms with Gasteiger partial charge in [0.15, 0.2) is 5.75 Å². The van der Waals surface area contributed by atoms with Crippen LogP contribution < -0.4 is 0 Å². The number of ether oxygens (including phenoxy) is 1. The summed E-state index contributed by atoms with van der Waals surface area (Å²) in [7, 11) is 0. The van der Waals surface area contributed by atoms with Crippen LogP contribution in [0.15, 0.2) is 10.5 Å². The van der Waals surface area contributed by atoms with E-state index < -0.39 is 23.8 Å². The van der Waals surface area contributed by atoms with E-state index in [1.165, 1.54) is 6.07 Å². The van der Waals surface area contributed by atoms with Crippen LogP contribution in [0.2, 0.25) is 0 Å². The van der Waals surface area contributed by atoms with E-state index in [1.807, 2.05) is 0 Å². The van der Waals surface area contributed by atoms with E-state index in [-0.39, 0.29) is 23.2 Å². The molecular formula is C10H10BrF2NO3. The summed E-state index contributed by atoms with van der Waals surface area (Å²) < 4.78 is 29.8. The monoisotopic (exact) mass is 309 g/mol. The molecule has 1 N–H and O–H groups in total. The van der Waals surface area contributed by atoms with E-state index >= 15 is 0 Å². The minimum absolute atomic E-state index is 0.0714. The fourth-order valence-corrected chi connectivity index (χ4v) is 1.65. The van der Waals surface area contributed by atoms with E-state index in [9.17, 15) is 18.7 Å². The normalized spacial score (nSPS) is 10.6. The van der Waals surface area contributed by atoms with Crippen LogP contribution in [0, 0.1) is 0 Å². The van der Waals surface area contributed by atoms with Gasteiger partial charge in [0.2, 0.25) is 0 Å². The zero-order chi connectivity index (χ0) is 13.0. The Labute approximate surface area is 105 Å². The number of esters is 1. The van der Waals surface area contributed by atoms with Gasteiger partial charge in [-0.25, -0.2) is 13.8 Å². The van der Waals surface area contributed by atoms with Crippen LogP contribution in [-0.2, 0) is 16.0 Å². The molecule has 17 heavy (non-hydrogen) atoms. The summed E-state index contributed by atoms with van der Waals surface area (Å²) in [6.07, 6.45) is -3.12.